The Balaban J connectivity index is -0.0000000267. The Morgan fingerprint density at radius 1 is 0.875 bits per heavy atom. The van der Waals surface area contributed by atoms with Crippen LogP contribution in [0.25, 0.3) is 0 Å². The molecule has 1 heteroatoms. The Hall–Kier alpha value is 1.10. The summed E-state index contributed by atoms with van der Waals surface area (Å²) in [4.78, 5) is 0. The van der Waals surface area contributed by atoms with Gasteiger partial charge in [0.2, 0.25) is 0 Å². The predicted molar refractivity (Wildman–Crippen MR) is 38.7 cm³/mol. The molecule has 8 heavy (non-hydrogen) atoms. The minimum absolute atomic E-state index is 0. The minimum atomic E-state index is 0. The molecule has 0 nitrogen and oxygen atoms in total. The van der Waals surface area contributed by atoms with Crippen molar-refractivity contribution in [1.29, 1.82) is 0 Å². The van der Waals surface area contributed by atoms with Crippen LogP contribution in [0.4, 0.5) is 0 Å². The first-order valence-electron chi connectivity index (χ1n) is 2.41. The van der Waals surface area contributed by atoms with E-state index in [-0.39, 0.29) is 47.6 Å². The van der Waals surface area contributed by atoms with Gasteiger partial charge in [-0.15, -0.1) is 0 Å². The molecule has 0 rings (SSSR count). The summed E-state index contributed by atoms with van der Waals surface area (Å²) in [6.45, 7) is 4.42. The molecule has 0 aliphatic heterocycles. The zero-order valence-corrected chi connectivity index (χ0v) is 7.54. The van der Waals surface area contributed by atoms with Gasteiger partial charge >= 0.3 is 0 Å². The van der Waals surface area contributed by atoms with E-state index in [1.807, 2.05) is 0 Å². The Kier molecular flexibility index (Phi) is 69.7. The quantitative estimate of drug-likeness (QED) is 0.629. The summed E-state index contributed by atoms with van der Waals surface area (Å²) in [5, 5.41) is 0. The van der Waals surface area contributed by atoms with E-state index in [4.69, 9.17) is 0 Å². The predicted octanol–water partition coefficient (Wildman–Crippen LogP) is 3.47. The molecule has 0 amide bonds. The van der Waals surface area contributed by atoms with Gasteiger partial charge in [-0.3, -0.25) is 0 Å². The van der Waals surface area contributed by atoms with Gasteiger partial charge in [-0.1, -0.05) is 48.0 Å². The van der Waals surface area contributed by atoms with Crippen molar-refractivity contribution in [3.8, 4) is 0 Å². The summed E-state index contributed by atoms with van der Waals surface area (Å²) < 4.78 is 0. The van der Waals surface area contributed by atoms with Gasteiger partial charge < -0.3 is 0 Å². The van der Waals surface area contributed by atoms with E-state index in [1.54, 1.807) is 0 Å². The van der Waals surface area contributed by atoms with Crippen LogP contribution in [0.1, 0.15) is 48.0 Å². The average molecular weight is 193 g/mol. The zero-order chi connectivity index (χ0) is 4.12. The molecule has 0 atom stereocenters. The first-order valence-corrected chi connectivity index (χ1v) is 2.41. The molecule has 0 fully saturated rings. The van der Waals surface area contributed by atoms with Crippen LogP contribution in [0, 0.1) is 0 Å². The largest absolute Gasteiger partial charge is 0.0776 e. The van der Waals surface area contributed by atoms with Gasteiger partial charge in [0.15, 0.2) is 0 Å². The van der Waals surface area contributed by atoms with Gasteiger partial charge in [-0.25, -0.2) is 0 Å². The number of rotatable bonds is 2. The van der Waals surface area contributed by atoms with Gasteiger partial charge in [0.1, 0.15) is 0 Å². The van der Waals surface area contributed by atoms with Crippen LogP contribution in [0.15, 0.2) is 0 Å². The first kappa shape index (κ1) is 23.0. The maximum Gasteiger partial charge on any atom is 0 e. The molecule has 0 N–H and O–H groups in total. The third-order valence-electron chi connectivity index (χ3n) is 0.707. The summed E-state index contributed by atoms with van der Waals surface area (Å²) in [6, 6.07) is 0. The Bertz CT molecular complexity index is 11.9. The smallest absolute Gasteiger partial charge is 0 e. The third-order valence-corrected chi connectivity index (χ3v) is 0.707. The molecule has 0 unspecified atom stereocenters. The van der Waals surface area contributed by atoms with Gasteiger partial charge in [0.25, 0.3) is 0 Å². The van der Waals surface area contributed by atoms with Gasteiger partial charge in [-0.05, 0) is 0 Å². The fourth-order valence-electron chi connectivity index (χ4n) is 0.354. The van der Waals surface area contributed by atoms with Crippen molar-refractivity contribution in [2.24, 2.45) is 0 Å². The van der Waals surface area contributed by atoms with Crippen LogP contribution in [-0.2, 0) is 32.7 Å². The minimum Gasteiger partial charge on any atom is -0.0776 e. The zero-order valence-electron chi connectivity index (χ0n) is 4.70. The van der Waals surface area contributed by atoms with Crippen molar-refractivity contribution in [2.45, 2.75) is 48.0 Å². The molecule has 0 spiro atoms. The Morgan fingerprint density at radius 3 is 1.12 bits per heavy atom. The molecule has 0 bridgehead atoms. The fourth-order valence-corrected chi connectivity index (χ4v) is 0.354. The summed E-state index contributed by atoms with van der Waals surface area (Å²) in [5.41, 5.74) is 0. The second-order valence-corrected chi connectivity index (χ2v) is 1.35. The monoisotopic (exact) mass is 193 g/mol. The van der Waals surface area contributed by atoms with Crippen LogP contribution in [0.3, 0.4) is 0 Å². The van der Waals surface area contributed by atoms with E-state index in [2.05, 4.69) is 13.8 Å². The molecule has 0 aliphatic rings. The normalized spacial score (nSPS) is 5.25. The van der Waals surface area contributed by atoms with E-state index in [0.717, 1.165) is 0 Å². The Morgan fingerprint density at radius 2 is 1.12 bits per heavy atom. The standard InChI is InChI=1S/C5H12.2CH4.Y/c1-3-5-4-2;;;/h3-5H2,1-2H3;2*1H4;. The summed E-state index contributed by atoms with van der Waals surface area (Å²) in [6.07, 6.45) is 4.08. The maximum absolute atomic E-state index is 2.21. The van der Waals surface area contributed by atoms with E-state index in [0.29, 0.717) is 0 Å². The molecule has 0 aromatic heterocycles. The van der Waals surface area contributed by atoms with E-state index < -0.39 is 0 Å². The molecule has 0 aromatic carbocycles. The summed E-state index contributed by atoms with van der Waals surface area (Å²) in [7, 11) is 0. The first-order chi connectivity index (χ1) is 2.41. The third kappa shape index (κ3) is 27.5. The van der Waals surface area contributed by atoms with E-state index in [1.165, 1.54) is 19.3 Å². The second kappa shape index (κ2) is 24.3. The van der Waals surface area contributed by atoms with Crippen molar-refractivity contribution >= 4 is 0 Å². The van der Waals surface area contributed by atoms with Crippen molar-refractivity contribution in [3.05, 3.63) is 0 Å². The van der Waals surface area contributed by atoms with Gasteiger partial charge in [-0.2, -0.15) is 0 Å². The summed E-state index contributed by atoms with van der Waals surface area (Å²) in [5.74, 6) is 0. The maximum atomic E-state index is 2.21. The molecule has 0 heterocycles. The molecule has 0 saturated heterocycles. The number of unbranched alkanes of at least 4 members (excludes halogenated alkanes) is 2. The van der Waals surface area contributed by atoms with Crippen LogP contribution in [-0.4, -0.2) is 0 Å². The van der Waals surface area contributed by atoms with Crippen LogP contribution >= 0.6 is 0 Å². The molecule has 0 aliphatic carbocycles. The van der Waals surface area contributed by atoms with Crippen molar-refractivity contribution in [1.82, 2.24) is 0 Å². The molecular weight excluding hydrogens is 173 g/mol. The van der Waals surface area contributed by atoms with Crippen LogP contribution < -0.4 is 0 Å². The topological polar surface area (TPSA) is 0 Å². The molecule has 0 aromatic rings. The van der Waals surface area contributed by atoms with Crippen molar-refractivity contribution in [3.63, 3.8) is 0 Å². The van der Waals surface area contributed by atoms with Crippen LogP contribution in [0.2, 0.25) is 0 Å². The SMILES string of the molecule is C.C.CCCCC.[Y]. The van der Waals surface area contributed by atoms with E-state index in [9.17, 15) is 0 Å². The fraction of sp³-hybridized carbons (Fsp3) is 1.00. The average Bonchev–Trinajstić information content (AvgIpc) is 1.41. The molecule has 51 valence electrons. The molecule has 1 radical (unpaired) electrons. The molecular formula is C7H20Y. The van der Waals surface area contributed by atoms with Gasteiger partial charge in [0, 0.05) is 32.7 Å². The second-order valence-electron chi connectivity index (χ2n) is 1.35. The van der Waals surface area contributed by atoms with Gasteiger partial charge in [0.05, 0.1) is 0 Å². The van der Waals surface area contributed by atoms with Crippen molar-refractivity contribution < 1.29 is 32.7 Å². The van der Waals surface area contributed by atoms with E-state index >= 15 is 0 Å². The Labute approximate surface area is 80.3 Å². The number of hydrogen-bond acceptors (Lipinski definition) is 0. The van der Waals surface area contributed by atoms with Crippen LogP contribution in [0.5, 0.6) is 0 Å². The molecule has 0 saturated carbocycles. The number of hydrogen-bond donors (Lipinski definition) is 0. The summed E-state index contributed by atoms with van der Waals surface area (Å²) >= 11 is 0. The van der Waals surface area contributed by atoms with Crippen molar-refractivity contribution in [2.75, 3.05) is 0 Å².